The monoisotopic (exact) mass is 435 g/mol. The molecule has 1 aliphatic rings. The first-order chi connectivity index (χ1) is 13.8. The first kappa shape index (κ1) is 21.8. The number of likely N-dealkylation sites (tertiary alicyclic amines) is 1. The van der Waals surface area contributed by atoms with Gasteiger partial charge in [-0.2, -0.15) is 0 Å². The van der Waals surface area contributed by atoms with Crippen molar-refractivity contribution in [2.75, 3.05) is 13.1 Å². The summed E-state index contributed by atoms with van der Waals surface area (Å²) in [5.41, 5.74) is 1.32. The summed E-state index contributed by atoms with van der Waals surface area (Å²) in [6.07, 6.45) is 1.05. The Balaban J connectivity index is 1.60. The fourth-order valence-electron chi connectivity index (χ4n) is 3.51. The molecule has 1 aromatic heterocycles. The molecule has 2 heterocycles. The third-order valence-electron chi connectivity index (χ3n) is 4.93. The second-order valence-electron chi connectivity index (χ2n) is 7.30. The molecule has 0 amide bonds. The highest BCUT2D eigenvalue weighted by atomic mass is 32.2. The van der Waals surface area contributed by atoms with E-state index in [-0.39, 0.29) is 4.21 Å². The van der Waals surface area contributed by atoms with Crippen molar-refractivity contribution < 1.29 is 8.42 Å². The maximum absolute atomic E-state index is 11.4. The van der Waals surface area contributed by atoms with Gasteiger partial charge in [-0.1, -0.05) is 30.3 Å². The van der Waals surface area contributed by atoms with Gasteiger partial charge in [0, 0.05) is 36.6 Å². The quantitative estimate of drug-likeness (QED) is 0.457. The van der Waals surface area contributed by atoms with E-state index in [0.717, 1.165) is 48.2 Å². The molecule has 3 rings (SSSR count). The fourth-order valence-corrected chi connectivity index (χ4v) is 5.21. The third kappa shape index (κ3) is 6.27. The molecular formula is C20H29N5O2S2. The predicted octanol–water partition coefficient (Wildman–Crippen LogP) is 2.11. The molecule has 158 valence electrons. The zero-order valence-corrected chi connectivity index (χ0v) is 18.5. The molecule has 9 heteroatoms. The van der Waals surface area contributed by atoms with E-state index in [2.05, 4.69) is 51.7 Å². The number of guanidine groups is 1. The van der Waals surface area contributed by atoms with Crippen molar-refractivity contribution in [2.24, 2.45) is 10.1 Å². The zero-order chi connectivity index (χ0) is 20.9. The number of nitrogens with one attached hydrogen (secondary N) is 2. The standard InChI is InChI=1S/C20H29N5O2S2/c1-3-22-20(23-12-18-9-10-19(28-18)29(21,26)27)24-17-11-15(2)25(14-17)13-16-7-5-4-6-8-16/h4-10,15,17H,3,11-14H2,1-2H3,(H2,21,26,27)(H2,22,23,24). The van der Waals surface area contributed by atoms with Crippen LogP contribution in [0.1, 0.15) is 30.7 Å². The van der Waals surface area contributed by atoms with Gasteiger partial charge in [0.05, 0.1) is 6.54 Å². The summed E-state index contributed by atoms with van der Waals surface area (Å²) in [5, 5.41) is 12.0. The topological polar surface area (TPSA) is 99.8 Å². The number of hydrogen-bond donors (Lipinski definition) is 3. The number of benzene rings is 1. The molecule has 0 bridgehead atoms. The number of aliphatic imine (C=N–C) groups is 1. The minimum absolute atomic E-state index is 0.168. The van der Waals surface area contributed by atoms with Crippen molar-refractivity contribution in [2.45, 2.75) is 49.7 Å². The van der Waals surface area contributed by atoms with Gasteiger partial charge in [-0.05, 0) is 38.0 Å². The molecule has 1 aliphatic heterocycles. The molecule has 2 unspecified atom stereocenters. The lowest BCUT2D eigenvalue weighted by molar-refractivity contribution is 0.258. The molecule has 1 saturated heterocycles. The molecule has 2 atom stereocenters. The van der Waals surface area contributed by atoms with Crippen LogP contribution in [-0.4, -0.2) is 44.5 Å². The first-order valence-corrected chi connectivity index (χ1v) is 12.2. The minimum atomic E-state index is -3.65. The molecule has 2 aromatic rings. The third-order valence-corrected chi connectivity index (χ3v) is 7.44. The summed E-state index contributed by atoms with van der Waals surface area (Å²) in [7, 11) is -3.65. The molecule has 0 spiro atoms. The van der Waals surface area contributed by atoms with Gasteiger partial charge in [-0.3, -0.25) is 4.90 Å². The summed E-state index contributed by atoms with van der Waals surface area (Å²) in [4.78, 5) is 7.97. The van der Waals surface area contributed by atoms with Crippen molar-refractivity contribution >= 4 is 27.3 Å². The Kier molecular flexibility index (Phi) is 7.28. The largest absolute Gasteiger partial charge is 0.357 e. The van der Waals surface area contributed by atoms with Crippen LogP contribution in [0.15, 0.2) is 51.7 Å². The summed E-state index contributed by atoms with van der Waals surface area (Å²) in [6, 6.07) is 14.6. The van der Waals surface area contributed by atoms with E-state index in [1.807, 2.05) is 13.0 Å². The van der Waals surface area contributed by atoms with E-state index >= 15 is 0 Å². The molecule has 1 aromatic carbocycles. The highest BCUT2D eigenvalue weighted by molar-refractivity contribution is 7.91. The second-order valence-corrected chi connectivity index (χ2v) is 10.3. The Morgan fingerprint density at radius 3 is 2.69 bits per heavy atom. The predicted molar refractivity (Wildman–Crippen MR) is 118 cm³/mol. The van der Waals surface area contributed by atoms with E-state index in [1.165, 1.54) is 11.6 Å². The van der Waals surface area contributed by atoms with Crippen molar-refractivity contribution in [1.82, 2.24) is 15.5 Å². The fraction of sp³-hybridized carbons (Fsp3) is 0.450. The van der Waals surface area contributed by atoms with Crippen molar-refractivity contribution in [3.8, 4) is 0 Å². The van der Waals surface area contributed by atoms with Crippen LogP contribution in [0.3, 0.4) is 0 Å². The SMILES string of the molecule is CCNC(=NCc1ccc(S(N)(=O)=O)s1)NC1CC(C)N(Cc2ccccc2)C1. The number of hydrogen-bond acceptors (Lipinski definition) is 5. The first-order valence-electron chi connectivity index (χ1n) is 9.79. The van der Waals surface area contributed by atoms with Crippen LogP contribution in [0.2, 0.25) is 0 Å². The normalized spacial score (nSPS) is 20.7. The van der Waals surface area contributed by atoms with E-state index in [0.29, 0.717) is 18.6 Å². The molecule has 1 fully saturated rings. The number of sulfonamides is 1. The Hall–Kier alpha value is -1.94. The Morgan fingerprint density at radius 2 is 2.03 bits per heavy atom. The highest BCUT2D eigenvalue weighted by Gasteiger charge is 2.29. The summed E-state index contributed by atoms with van der Waals surface area (Å²) >= 11 is 1.16. The average molecular weight is 436 g/mol. The van der Waals surface area contributed by atoms with Crippen LogP contribution in [0.25, 0.3) is 0 Å². The van der Waals surface area contributed by atoms with Gasteiger partial charge in [-0.25, -0.2) is 18.5 Å². The maximum atomic E-state index is 11.4. The Morgan fingerprint density at radius 1 is 1.28 bits per heavy atom. The summed E-state index contributed by atoms with van der Waals surface area (Å²) < 4.78 is 23.0. The smallest absolute Gasteiger partial charge is 0.247 e. The lowest BCUT2D eigenvalue weighted by atomic mass is 10.2. The van der Waals surface area contributed by atoms with E-state index in [1.54, 1.807) is 6.07 Å². The van der Waals surface area contributed by atoms with Gasteiger partial charge in [0.2, 0.25) is 10.0 Å². The molecule has 29 heavy (non-hydrogen) atoms. The molecule has 0 radical (unpaired) electrons. The maximum Gasteiger partial charge on any atom is 0.247 e. The Bertz CT molecular complexity index is 927. The lowest BCUT2D eigenvalue weighted by Crippen LogP contribution is -2.44. The van der Waals surface area contributed by atoms with Gasteiger partial charge < -0.3 is 10.6 Å². The van der Waals surface area contributed by atoms with Gasteiger partial charge in [0.15, 0.2) is 5.96 Å². The van der Waals surface area contributed by atoms with Gasteiger partial charge >= 0.3 is 0 Å². The van der Waals surface area contributed by atoms with Gasteiger partial charge in [-0.15, -0.1) is 11.3 Å². The number of primary sulfonamides is 1. The molecule has 7 nitrogen and oxygen atoms in total. The zero-order valence-electron chi connectivity index (χ0n) is 16.8. The minimum Gasteiger partial charge on any atom is -0.357 e. The molecule has 0 saturated carbocycles. The van der Waals surface area contributed by atoms with Gasteiger partial charge in [0.1, 0.15) is 4.21 Å². The van der Waals surface area contributed by atoms with Crippen LogP contribution in [0, 0.1) is 0 Å². The van der Waals surface area contributed by atoms with E-state index in [4.69, 9.17) is 5.14 Å². The van der Waals surface area contributed by atoms with Crippen molar-refractivity contribution in [3.63, 3.8) is 0 Å². The average Bonchev–Trinajstić information content (AvgIpc) is 3.28. The summed E-state index contributed by atoms with van der Waals surface area (Å²) in [5.74, 6) is 0.747. The van der Waals surface area contributed by atoms with Crippen molar-refractivity contribution in [1.29, 1.82) is 0 Å². The van der Waals surface area contributed by atoms with E-state index < -0.39 is 10.0 Å². The number of nitrogens with two attached hydrogens (primary N) is 1. The molecule has 4 N–H and O–H groups in total. The summed E-state index contributed by atoms with van der Waals surface area (Å²) in [6.45, 7) is 7.35. The number of nitrogens with zero attached hydrogens (tertiary/aromatic N) is 2. The second kappa shape index (κ2) is 9.71. The molecular weight excluding hydrogens is 406 g/mol. The Labute approximate surface area is 177 Å². The number of rotatable bonds is 7. The van der Waals surface area contributed by atoms with Crippen LogP contribution < -0.4 is 15.8 Å². The molecule has 0 aliphatic carbocycles. The van der Waals surface area contributed by atoms with Crippen LogP contribution in [-0.2, 0) is 23.1 Å². The van der Waals surface area contributed by atoms with E-state index in [9.17, 15) is 8.42 Å². The highest BCUT2D eigenvalue weighted by Crippen LogP contribution is 2.22. The number of thiophene rings is 1. The van der Waals surface area contributed by atoms with Crippen LogP contribution in [0.4, 0.5) is 0 Å². The van der Waals surface area contributed by atoms with Gasteiger partial charge in [0.25, 0.3) is 0 Å². The van der Waals surface area contributed by atoms with Crippen LogP contribution >= 0.6 is 11.3 Å². The lowest BCUT2D eigenvalue weighted by Gasteiger charge is -2.21. The van der Waals surface area contributed by atoms with Crippen molar-refractivity contribution in [3.05, 3.63) is 52.9 Å². The van der Waals surface area contributed by atoms with Crippen LogP contribution in [0.5, 0.6) is 0 Å².